The van der Waals surface area contributed by atoms with Crippen LogP contribution >= 0.6 is 11.8 Å². The van der Waals surface area contributed by atoms with Crippen molar-refractivity contribution in [1.29, 1.82) is 5.26 Å². The van der Waals surface area contributed by atoms with Gasteiger partial charge in [0.1, 0.15) is 5.82 Å². The van der Waals surface area contributed by atoms with Crippen LogP contribution in [0.3, 0.4) is 0 Å². The maximum atomic E-state index is 13.0. The number of nitrogen functional groups attached to an aromatic ring is 1. The molecule has 0 fully saturated rings. The molecule has 0 saturated carbocycles. The average Bonchev–Trinajstić information content (AvgIpc) is 2.18. The van der Waals surface area contributed by atoms with Gasteiger partial charge in [-0.25, -0.2) is 4.39 Å². The minimum atomic E-state index is -0.379. The number of hydrogen-bond acceptors (Lipinski definition) is 3. The first kappa shape index (κ1) is 10.9. The van der Waals surface area contributed by atoms with Crippen molar-refractivity contribution in [2.24, 2.45) is 0 Å². The van der Waals surface area contributed by atoms with Gasteiger partial charge in [0.15, 0.2) is 0 Å². The Hall–Kier alpha value is -1.21. The molecular weight excluding hydrogens is 199 g/mol. The number of nitrogens with zero attached hydrogens (tertiary/aromatic N) is 1. The molecule has 0 aliphatic rings. The molecule has 74 valence electrons. The van der Waals surface area contributed by atoms with Crippen molar-refractivity contribution in [1.82, 2.24) is 0 Å². The molecule has 0 atom stereocenters. The Morgan fingerprint density at radius 1 is 1.50 bits per heavy atom. The molecule has 1 aromatic rings. The van der Waals surface area contributed by atoms with Crippen LogP contribution in [0.5, 0.6) is 0 Å². The van der Waals surface area contributed by atoms with E-state index < -0.39 is 0 Å². The quantitative estimate of drug-likeness (QED) is 0.472. The third-order valence-corrected chi connectivity index (χ3v) is 2.75. The zero-order valence-corrected chi connectivity index (χ0v) is 8.48. The molecule has 0 spiro atoms. The molecule has 0 bridgehead atoms. The molecule has 0 aliphatic carbocycles. The second-order valence-corrected chi connectivity index (χ2v) is 3.96. The van der Waals surface area contributed by atoms with E-state index in [0.29, 0.717) is 6.42 Å². The van der Waals surface area contributed by atoms with Gasteiger partial charge in [-0.05, 0) is 30.4 Å². The van der Waals surface area contributed by atoms with E-state index in [1.807, 2.05) is 0 Å². The maximum Gasteiger partial charge on any atom is 0.147 e. The highest BCUT2D eigenvalue weighted by Crippen LogP contribution is 2.22. The predicted molar refractivity (Wildman–Crippen MR) is 56.4 cm³/mol. The molecule has 0 aliphatic heterocycles. The number of benzene rings is 1. The maximum absolute atomic E-state index is 13.0. The van der Waals surface area contributed by atoms with Crippen molar-refractivity contribution < 1.29 is 4.39 Å². The van der Waals surface area contributed by atoms with Crippen LogP contribution in [0.4, 0.5) is 10.1 Å². The van der Waals surface area contributed by atoms with Crippen molar-refractivity contribution in [3.05, 3.63) is 24.0 Å². The van der Waals surface area contributed by atoms with E-state index in [0.717, 1.165) is 17.1 Å². The smallest absolute Gasteiger partial charge is 0.147 e. The lowest BCUT2D eigenvalue weighted by Gasteiger charge is -2.01. The van der Waals surface area contributed by atoms with Gasteiger partial charge >= 0.3 is 0 Å². The summed E-state index contributed by atoms with van der Waals surface area (Å²) >= 11 is 1.54. The summed E-state index contributed by atoms with van der Waals surface area (Å²) in [4.78, 5) is 0.856. The summed E-state index contributed by atoms with van der Waals surface area (Å²) in [6.07, 6.45) is 1.37. The first-order valence-corrected chi connectivity index (χ1v) is 5.27. The van der Waals surface area contributed by atoms with Crippen LogP contribution in [0, 0.1) is 17.1 Å². The molecule has 0 saturated heterocycles. The Balaban J connectivity index is 2.44. The van der Waals surface area contributed by atoms with Crippen LogP contribution < -0.4 is 5.73 Å². The van der Waals surface area contributed by atoms with E-state index in [4.69, 9.17) is 11.0 Å². The molecule has 1 rings (SSSR count). The minimum absolute atomic E-state index is 0.173. The molecule has 0 unspecified atom stereocenters. The lowest BCUT2D eigenvalue weighted by molar-refractivity contribution is 0.629. The Morgan fingerprint density at radius 3 is 2.93 bits per heavy atom. The Labute approximate surface area is 86.9 Å². The van der Waals surface area contributed by atoms with Crippen LogP contribution in [0.15, 0.2) is 23.1 Å². The third-order valence-electron chi connectivity index (χ3n) is 1.67. The van der Waals surface area contributed by atoms with E-state index in [-0.39, 0.29) is 11.5 Å². The summed E-state index contributed by atoms with van der Waals surface area (Å²) in [6.45, 7) is 0. The number of nitrogens with two attached hydrogens (primary N) is 1. The highest BCUT2D eigenvalue weighted by Gasteiger charge is 2.00. The van der Waals surface area contributed by atoms with Gasteiger partial charge in [0.2, 0.25) is 0 Å². The van der Waals surface area contributed by atoms with E-state index >= 15 is 0 Å². The fourth-order valence-electron chi connectivity index (χ4n) is 0.939. The molecular formula is C10H11FN2S. The number of hydrogen-bond donors (Lipinski definition) is 1. The first-order chi connectivity index (χ1) is 6.74. The van der Waals surface area contributed by atoms with Crippen LogP contribution in [0.2, 0.25) is 0 Å². The van der Waals surface area contributed by atoms with Gasteiger partial charge in [-0.1, -0.05) is 0 Å². The van der Waals surface area contributed by atoms with Crippen molar-refractivity contribution in [2.45, 2.75) is 17.7 Å². The topological polar surface area (TPSA) is 49.8 Å². The summed E-state index contributed by atoms with van der Waals surface area (Å²) in [5, 5.41) is 8.31. The summed E-state index contributed by atoms with van der Waals surface area (Å²) in [6, 6.07) is 6.83. The first-order valence-electron chi connectivity index (χ1n) is 4.29. The Kier molecular flexibility index (Phi) is 4.27. The van der Waals surface area contributed by atoms with Crippen molar-refractivity contribution in [2.75, 3.05) is 11.5 Å². The highest BCUT2D eigenvalue weighted by atomic mass is 32.2. The van der Waals surface area contributed by atoms with Gasteiger partial charge in [0.25, 0.3) is 0 Å². The van der Waals surface area contributed by atoms with Gasteiger partial charge in [-0.2, -0.15) is 5.26 Å². The van der Waals surface area contributed by atoms with Crippen molar-refractivity contribution >= 4 is 17.4 Å². The molecule has 0 amide bonds. The zero-order chi connectivity index (χ0) is 10.4. The number of anilines is 1. The summed E-state index contributed by atoms with van der Waals surface area (Å²) in [7, 11) is 0. The van der Waals surface area contributed by atoms with Crippen molar-refractivity contribution in [3.63, 3.8) is 0 Å². The summed E-state index contributed by atoms with van der Waals surface area (Å²) < 4.78 is 13.0. The Morgan fingerprint density at radius 2 is 2.29 bits per heavy atom. The largest absolute Gasteiger partial charge is 0.396 e. The molecule has 1 aromatic carbocycles. The lowest BCUT2D eigenvalue weighted by atomic mass is 10.3. The monoisotopic (exact) mass is 210 g/mol. The van der Waals surface area contributed by atoms with Gasteiger partial charge < -0.3 is 5.73 Å². The lowest BCUT2D eigenvalue weighted by Crippen LogP contribution is -1.90. The highest BCUT2D eigenvalue weighted by molar-refractivity contribution is 7.99. The van der Waals surface area contributed by atoms with Gasteiger partial charge in [0.05, 0.1) is 11.8 Å². The molecule has 0 aromatic heterocycles. The van der Waals surface area contributed by atoms with Gasteiger partial charge in [0, 0.05) is 11.3 Å². The fourth-order valence-corrected chi connectivity index (χ4v) is 1.81. The molecule has 14 heavy (non-hydrogen) atoms. The zero-order valence-electron chi connectivity index (χ0n) is 7.66. The van der Waals surface area contributed by atoms with Crippen LogP contribution in [0.1, 0.15) is 12.8 Å². The predicted octanol–water partition coefficient (Wildman–Crippen LogP) is 2.80. The average molecular weight is 210 g/mol. The number of rotatable bonds is 4. The van der Waals surface area contributed by atoms with E-state index in [2.05, 4.69) is 6.07 Å². The standard InChI is InChI=1S/C10H11FN2S/c11-9-7-8(3-4-10(9)13)14-6-2-1-5-12/h3-4,7H,1-2,6,13H2. The number of nitriles is 1. The molecule has 2 N–H and O–H groups in total. The minimum Gasteiger partial charge on any atom is -0.396 e. The molecule has 0 radical (unpaired) electrons. The molecule has 4 heteroatoms. The second kappa shape index (κ2) is 5.51. The summed E-state index contributed by atoms with van der Waals surface area (Å²) in [5.41, 5.74) is 5.51. The van der Waals surface area contributed by atoms with E-state index in [9.17, 15) is 4.39 Å². The number of thioether (sulfide) groups is 1. The van der Waals surface area contributed by atoms with E-state index in [1.54, 1.807) is 12.1 Å². The normalized spacial score (nSPS) is 9.71. The number of halogens is 1. The Bertz CT molecular complexity index is 346. The summed E-state index contributed by atoms with van der Waals surface area (Å²) in [5.74, 6) is 0.451. The van der Waals surface area contributed by atoms with Crippen LogP contribution in [-0.4, -0.2) is 5.75 Å². The fraction of sp³-hybridized carbons (Fsp3) is 0.300. The van der Waals surface area contributed by atoms with Crippen LogP contribution in [-0.2, 0) is 0 Å². The number of unbranched alkanes of at least 4 members (excludes halogenated alkanes) is 1. The SMILES string of the molecule is N#CCCCSc1ccc(N)c(F)c1. The third kappa shape index (κ3) is 3.27. The van der Waals surface area contributed by atoms with E-state index in [1.165, 1.54) is 17.8 Å². The molecule has 0 heterocycles. The molecule has 2 nitrogen and oxygen atoms in total. The van der Waals surface area contributed by atoms with Crippen LogP contribution in [0.25, 0.3) is 0 Å². The van der Waals surface area contributed by atoms with Gasteiger partial charge in [-0.3, -0.25) is 0 Å². The van der Waals surface area contributed by atoms with Gasteiger partial charge in [-0.15, -0.1) is 11.8 Å². The van der Waals surface area contributed by atoms with Crippen molar-refractivity contribution in [3.8, 4) is 6.07 Å². The second-order valence-electron chi connectivity index (χ2n) is 2.79.